The number of benzene rings is 3. The third-order valence-electron chi connectivity index (χ3n) is 5.62. The van der Waals surface area contributed by atoms with E-state index < -0.39 is 18.0 Å². The second kappa shape index (κ2) is 10.0. The molecule has 0 aliphatic heterocycles. The molecular weight excluding hydrogens is 468 g/mol. The van der Waals surface area contributed by atoms with Crippen LogP contribution in [0.4, 0.5) is 5.69 Å². The first kappa shape index (κ1) is 24.0. The molecule has 0 saturated carbocycles. The molecule has 178 valence electrons. The number of carbonyl (C=O) groups excluding carboxylic acids is 2. The summed E-state index contributed by atoms with van der Waals surface area (Å²) < 4.78 is 11.9. The highest BCUT2D eigenvalue weighted by Gasteiger charge is 2.26. The van der Waals surface area contributed by atoms with Gasteiger partial charge in [-0.25, -0.2) is 4.79 Å². The molecule has 1 amide bonds. The lowest BCUT2D eigenvalue weighted by atomic mass is 9.96. The largest absolute Gasteiger partial charge is 0.497 e. The maximum Gasteiger partial charge on any atom is 0.356 e. The van der Waals surface area contributed by atoms with Crippen molar-refractivity contribution in [3.63, 3.8) is 0 Å². The predicted octanol–water partition coefficient (Wildman–Crippen LogP) is 5.05. The van der Waals surface area contributed by atoms with Crippen LogP contribution in [0.3, 0.4) is 0 Å². The number of pyridine rings is 1. The zero-order valence-electron chi connectivity index (χ0n) is 19.4. The number of methoxy groups -OCH3 is 1. The number of hydrogen-bond donors (Lipinski definition) is 1. The maximum atomic E-state index is 13.4. The fraction of sp³-hybridized carbons (Fsp3) is 0.148. The first-order chi connectivity index (χ1) is 16.8. The lowest BCUT2D eigenvalue weighted by Gasteiger charge is -2.19. The van der Waals surface area contributed by atoms with E-state index in [1.54, 1.807) is 72.8 Å². The Balaban J connectivity index is 1.72. The summed E-state index contributed by atoms with van der Waals surface area (Å²) in [6.07, 6.45) is -1.13. The molecule has 1 atom stereocenters. The van der Waals surface area contributed by atoms with E-state index in [0.29, 0.717) is 38.4 Å². The molecule has 0 fully saturated rings. The smallest absolute Gasteiger partial charge is 0.356 e. The van der Waals surface area contributed by atoms with Crippen LogP contribution in [0, 0.1) is 0 Å². The number of hydrogen-bond acceptors (Lipinski definition) is 5. The number of nitrogens with zero attached hydrogens (tertiary/aromatic N) is 1. The van der Waals surface area contributed by atoms with Crippen molar-refractivity contribution in [3.8, 4) is 16.9 Å². The molecule has 7 nitrogen and oxygen atoms in total. The zero-order valence-corrected chi connectivity index (χ0v) is 20.1. The van der Waals surface area contributed by atoms with Crippen LogP contribution < -0.4 is 15.6 Å². The number of nitrogens with one attached hydrogen (secondary N) is 1. The van der Waals surface area contributed by atoms with Crippen LogP contribution in [0.5, 0.6) is 5.75 Å². The van der Waals surface area contributed by atoms with Crippen molar-refractivity contribution in [2.45, 2.75) is 13.0 Å². The summed E-state index contributed by atoms with van der Waals surface area (Å²) >= 11 is 6.07. The first-order valence-corrected chi connectivity index (χ1v) is 11.2. The number of aromatic nitrogens is 1. The molecule has 0 bridgehead atoms. The number of halogens is 1. The van der Waals surface area contributed by atoms with Gasteiger partial charge in [-0.3, -0.25) is 9.59 Å². The average Bonchev–Trinajstić information content (AvgIpc) is 2.86. The number of amides is 1. The number of carbonyl (C=O) groups is 2. The third-order valence-corrected chi connectivity index (χ3v) is 5.87. The van der Waals surface area contributed by atoms with Crippen molar-refractivity contribution in [1.82, 2.24) is 4.57 Å². The Morgan fingerprint density at radius 1 is 0.971 bits per heavy atom. The van der Waals surface area contributed by atoms with Crippen LogP contribution in [-0.2, 0) is 16.6 Å². The van der Waals surface area contributed by atoms with Gasteiger partial charge in [-0.2, -0.15) is 0 Å². The van der Waals surface area contributed by atoms with Gasteiger partial charge in [0.05, 0.1) is 7.11 Å². The maximum absolute atomic E-state index is 13.4. The van der Waals surface area contributed by atoms with Gasteiger partial charge in [0.2, 0.25) is 0 Å². The summed E-state index contributed by atoms with van der Waals surface area (Å²) in [4.78, 5) is 39.2. The molecule has 0 radical (unpaired) electrons. The van der Waals surface area contributed by atoms with Gasteiger partial charge in [0.1, 0.15) is 11.4 Å². The van der Waals surface area contributed by atoms with Gasteiger partial charge in [-0.15, -0.1) is 0 Å². The lowest BCUT2D eigenvalue weighted by Crippen LogP contribution is -2.32. The molecule has 1 N–H and O–H groups in total. The molecular formula is C27H23ClN2O5. The molecule has 8 heteroatoms. The van der Waals surface area contributed by atoms with Crippen LogP contribution in [0.2, 0.25) is 5.02 Å². The summed E-state index contributed by atoms with van der Waals surface area (Å²) in [6, 6.07) is 20.8. The van der Waals surface area contributed by atoms with Gasteiger partial charge in [0.15, 0.2) is 6.10 Å². The van der Waals surface area contributed by atoms with Crippen LogP contribution in [-0.4, -0.2) is 29.7 Å². The SMILES string of the molecule is COc1cccc(NC(=O)C(C)OC(=O)c2c(-c3ccc(Cl)cc3)c3ccccc3c(=O)n2C)c1. The average molecular weight is 491 g/mol. The standard InChI is InChI=1S/C27H23ClN2O5/c1-16(25(31)29-19-7-6-8-20(15-19)34-3)35-27(33)24-23(17-11-13-18(28)14-12-17)21-9-4-5-10-22(21)26(32)30(24)2/h4-16H,1-3H3,(H,29,31). The second-order valence-corrected chi connectivity index (χ2v) is 8.35. The van der Waals surface area contributed by atoms with E-state index in [0.717, 1.165) is 0 Å². The minimum absolute atomic E-state index is 0.0389. The zero-order chi connectivity index (χ0) is 25.1. The van der Waals surface area contributed by atoms with Gasteiger partial charge in [0, 0.05) is 34.8 Å². The van der Waals surface area contributed by atoms with Gasteiger partial charge in [-0.1, -0.05) is 48.0 Å². The van der Waals surface area contributed by atoms with Crippen molar-refractivity contribution < 1.29 is 19.1 Å². The van der Waals surface area contributed by atoms with Crippen molar-refractivity contribution in [2.75, 3.05) is 12.4 Å². The predicted molar refractivity (Wildman–Crippen MR) is 136 cm³/mol. The minimum atomic E-state index is -1.13. The Morgan fingerprint density at radius 3 is 2.34 bits per heavy atom. The van der Waals surface area contributed by atoms with Crippen LogP contribution >= 0.6 is 11.6 Å². The number of esters is 1. The number of ether oxygens (including phenoxy) is 2. The molecule has 0 aliphatic carbocycles. The van der Waals surface area contributed by atoms with E-state index in [9.17, 15) is 14.4 Å². The Hall–Kier alpha value is -4.10. The molecule has 0 aliphatic rings. The Morgan fingerprint density at radius 2 is 1.66 bits per heavy atom. The van der Waals surface area contributed by atoms with E-state index in [2.05, 4.69) is 5.32 Å². The topological polar surface area (TPSA) is 86.6 Å². The summed E-state index contributed by atoms with van der Waals surface area (Å²) in [7, 11) is 3.03. The molecule has 0 spiro atoms. The van der Waals surface area contributed by atoms with E-state index >= 15 is 0 Å². The van der Waals surface area contributed by atoms with Gasteiger partial charge in [-0.05, 0) is 48.2 Å². The molecule has 1 aromatic heterocycles. The minimum Gasteiger partial charge on any atom is -0.497 e. The fourth-order valence-corrected chi connectivity index (χ4v) is 3.95. The van der Waals surface area contributed by atoms with Gasteiger partial charge >= 0.3 is 5.97 Å². The first-order valence-electron chi connectivity index (χ1n) is 10.8. The van der Waals surface area contributed by atoms with Crippen molar-refractivity contribution >= 4 is 39.9 Å². The number of anilines is 1. The highest BCUT2D eigenvalue weighted by atomic mass is 35.5. The molecule has 1 heterocycles. The molecule has 1 unspecified atom stereocenters. The van der Waals surface area contributed by atoms with E-state index in [1.807, 2.05) is 0 Å². The summed E-state index contributed by atoms with van der Waals surface area (Å²) in [5, 5.41) is 4.29. The number of fused-ring (bicyclic) bond motifs is 1. The van der Waals surface area contributed by atoms with Crippen molar-refractivity contribution in [2.24, 2.45) is 7.05 Å². The van der Waals surface area contributed by atoms with Gasteiger partial charge < -0.3 is 19.4 Å². The van der Waals surface area contributed by atoms with Crippen LogP contribution in [0.25, 0.3) is 21.9 Å². The Bertz CT molecular complexity index is 1480. The monoisotopic (exact) mass is 490 g/mol. The van der Waals surface area contributed by atoms with E-state index in [-0.39, 0.29) is 11.3 Å². The van der Waals surface area contributed by atoms with Crippen LogP contribution in [0.1, 0.15) is 17.4 Å². The normalized spacial score (nSPS) is 11.7. The number of rotatable bonds is 6. The Labute approximate surface area is 206 Å². The van der Waals surface area contributed by atoms with Gasteiger partial charge in [0.25, 0.3) is 11.5 Å². The molecule has 4 aromatic rings. The molecule has 4 rings (SSSR count). The Kier molecular flexibility index (Phi) is 6.89. The highest BCUT2D eigenvalue weighted by molar-refractivity contribution is 6.30. The van der Waals surface area contributed by atoms with Crippen molar-refractivity contribution in [3.05, 3.63) is 93.9 Å². The van der Waals surface area contributed by atoms with Crippen molar-refractivity contribution in [1.29, 1.82) is 0 Å². The van der Waals surface area contributed by atoms with Crippen LogP contribution in [0.15, 0.2) is 77.6 Å². The quantitative estimate of drug-likeness (QED) is 0.382. The van der Waals surface area contributed by atoms with E-state index in [1.165, 1.54) is 25.6 Å². The fourth-order valence-electron chi connectivity index (χ4n) is 3.83. The lowest BCUT2D eigenvalue weighted by molar-refractivity contribution is -0.123. The van der Waals surface area contributed by atoms with E-state index in [4.69, 9.17) is 21.1 Å². The highest BCUT2D eigenvalue weighted by Crippen LogP contribution is 2.32. The summed E-state index contributed by atoms with van der Waals surface area (Å²) in [6.45, 7) is 1.47. The molecule has 0 saturated heterocycles. The molecule has 35 heavy (non-hydrogen) atoms. The second-order valence-electron chi connectivity index (χ2n) is 7.91. The summed E-state index contributed by atoms with van der Waals surface area (Å²) in [5.74, 6) is -0.745. The molecule has 3 aromatic carbocycles. The third kappa shape index (κ3) is 4.90. The summed E-state index contributed by atoms with van der Waals surface area (Å²) in [5.41, 5.74) is 1.39.